The molecule has 5 heteroatoms. The van der Waals surface area contributed by atoms with Crippen molar-refractivity contribution in [1.29, 1.82) is 0 Å². The molecule has 0 spiro atoms. The van der Waals surface area contributed by atoms with Crippen LogP contribution < -0.4 is 5.32 Å². The highest BCUT2D eigenvalue weighted by Gasteiger charge is 2.24. The molecule has 1 aliphatic rings. The molecule has 1 saturated heterocycles. The molecular formula is C21H28N2O2S. The summed E-state index contributed by atoms with van der Waals surface area (Å²) in [7, 11) is 2.14. The molecule has 3 rings (SSSR count). The van der Waals surface area contributed by atoms with Gasteiger partial charge in [-0.05, 0) is 68.4 Å². The van der Waals surface area contributed by atoms with E-state index in [0.717, 1.165) is 31.5 Å². The number of carbonyl (C=O) groups excluding carboxylic acids is 1. The van der Waals surface area contributed by atoms with Gasteiger partial charge in [-0.1, -0.05) is 30.3 Å². The van der Waals surface area contributed by atoms with Crippen LogP contribution in [0.4, 0.5) is 0 Å². The summed E-state index contributed by atoms with van der Waals surface area (Å²) in [5.74, 6) is 0.301. The van der Waals surface area contributed by atoms with Gasteiger partial charge in [-0.15, -0.1) is 11.3 Å². The number of nitrogens with zero attached hydrogens (tertiary/aromatic N) is 1. The van der Waals surface area contributed by atoms with Crippen molar-refractivity contribution in [1.82, 2.24) is 10.2 Å². The zero-order valence-electron chi connectivity index (χ0n) is 15.6. The predicted octanol–water partition coefficient (Wildman–Crippen LogP) is 3.77. The van der Waals surface area contributed by atoms with Gasteiger partial charge < -0.3 is 9.64 Å². The van der Waals surface area contributed by atoms with Crippen molar-refractivity contribution in [2.24, 2.45) is 5.92 Å². The molecule has 0 aliphatic carbocycles. The summed E-state index contributed by atoms with van der Waals surface area (Å²) in [5.41, 5.74) is 2.21. The minimum atomic E-state index is -0.426. The van der Waals surface area contributed by atoms with Crippen molar-refractivity contribution < 1.29 is 9.53 Å². The topological polar surface area (TPSA) is 41.6 Å². The van der Waals surface area contributed by atoms with Crippen LogP contribution in [0.5, 0.6) is 0 Å². The molecule has 0 saturated carbocycles. The van der Waals surface area contributed by atoms with Gasteiger partial charge >= 0.3 is 5.97 Å². The van der Waals surface area contributed by atoms with Crippen LogP contribution in [-0.2, 0) is 16.1 Å². The van der Waals surface area contributed by atoms with Gasteiger partial charge in [-0.3, -0.25) is 5.32 Å². The Morgan fingerprint density at radius 1 is 1.31 bits per heavy atom. The number of esters is 1. The third-order valence-corrected chi connectivity index (χ3v) is 5.99. The quantitative estimate of drug-likeness (QED) is 0.751. The fraction of sp³-hybridized carbons (Fsp3) is 0.476. The molecule has 1 aromatic heterocycles. The maximum absolute atomic E-state index is 12.8. The fourth-order valence-electron chi connectivity index (χ4n) is 3.28. The molecule has 4 nitrogen and oxygen atoms in total. The first-order valence-electron chi connectivity index (χ1n) is 9.29. The standard InChI is InChI=1S/C21H28N2O2S/c1-16-12-19(26-15-16)13-22-20(18-6-4-3-5-7-18)21(24)25-14-17-8-10-23(2)11-9-17/h3-7,12,15,17,20,22H,8-11,13-14H2,1-2H3. The van der Waals surface area contributed by atoms with Crippen LogP contribution in [0, 0.1) is 12.8 Å². The molecule has 0 bridgehead atoms. The number of rotatable bonds is 7. The SMILES string of the molecule is Cc1csc(CNC(C(=O)OCC2CCN(C)CC2)c2ccccc2)c1. The van der Waals surface area contributed by atoms with Crippen LogP contribution in [0.15, 0.2) is 41.8 Å². The van der Waals surface area contributed by atoms with E-state index in [0.29, 0.717) is 19.1 Å². The number of aryl methyl sites for hydroxylation is 1. The lowest BCUT2D eigenvalue weighted by Crippen LogP contribution is -2.34. The molecule has 26 heavy (non-hydrogen) atoms. The molecule has 0 amide bonds. The summed E-state index contributed by atoms with van der Waals surface area (Å²) in [6.07, 6.45) is 2.20. The molecule has 1 unspecified atom stereocenters. The monoisotopic (exact) mass is 372 g/mol. The van der Waals surface area contributed by atoms with E-state index in [2.05, 4.69) is 35.6 Å². The summed E-state index contributed by atoms with van der Waals surface area (Å²) in [6, 6.07) is 11.6. The minimum absolute atomic E-state index is 0.177. The number of hydrogen-bond donors (Lipinski definition) is 1. The smallest absolute Gasteiger partial charge is 0.327 e. The van der Waals surface area contributed by atoms with E-state index in [4.69, 9.17) is 4.74 Å². The largest absolute Gasteiger partial charge is 0.464 e. The maximum atomic E-state index is 12.8. The predicted molar refractivity (Wildman–Crippen MR) is 106 cm³/mol. The van der Waals surface area contributed by atoms with E-state index in [1.54, 1.807) is 11.3 Å². The van der Waals surface area contributed by atoms with E-state index in [1.807, 2.05) is 30.3 Å². The summed E-state index contributed by atoms with van der Waals surface area (Å²) in [4.78, 5) is 16.3. The van der Waals surface area contributed by atoms with E-state index in [1.165, 1.54) is 10.4 Å². The lowest BCUT2D eigenvalue weighted by molar-refractivity contribution is -0.148. The summed E-state index contributed by atoms with van der Waals surface area (Å²) < 4.78 is 5.71. The van der Waals surface area contributed by atoms with Gasteiger partial charge in [0, 0.05) is 11.4 Å². The van der Waals surface area contributed by atoms with Crippen molar-refractivity contribution in [3.8, 4) is 0 Å². The number of ether oxygens (including phenoxy) is 1. The van der Waals surface area contributed by atoms with Crippen LogP contribution in [0.25, 0.3) is 0 Å². The fourth-order valence-corrected chi connectivity index (χ4v) is 4.11. The van der Waals surface area contributed by atoms with E-state index >= 15 is 0 Å². The average Bonchev–Trinajstić information content (AvgIpc) is 3.07. The Morgan fingerprint density at radius 3 is 2.69 bits per heavy atom. The van der Waals surface area contributed by atoms with Crippen molar-refractivity contribution in [3.05, 3.63) is 57.8 Å². The van der Waals surface area contributed by atoms with Gasteiger partial charge in [-0.25, -0.2) is 4.79 Å². The number of carbonyl (C=O) groups is 1. The van der Waals surface area contributed by atoms with Crippen LogP contribution in [0.2, 0.25) is 0 Å². The number of hydrogen-bond acceptors (Lipinski definition) is 5. The number of likely N-dealkylation sites (tertiary alicyclic amines) is 1. The summed E-state index contributed by atoms with van der Waals surface area (Å²) >= 11 is 1.72. The Labute approximate surface area is 160 Å². The number of nitrogens with one attached hydrogen (secondary N) is 1. The zero-order chi connectivity index (χ0) is 18.4. The van der Waals surface area contributed by atoms with E-state index in [-0.39, 0.29) is 5.97 Å². The van der Waals surface area contributed by atoms with Crippen LogP contribution in [0.3, 0.4) is 0 Å². The van der Waals surface area contributed by atoms with Gasteiger partial charge in [0.1, 0.15) is 6.04 Å². The highest BCUT2D eigenvalue weighted by atomic mass is 32.1. The Hall–Kier alpha value is -1.69. The first-order valence-corrected chi connectivity index (χ1v) is 10.2. The minimum Gasteiger partial charge on any atom is -0.464 e. The lowest BCUT2D eigenvalue weighted by Gasteiger charge is -2.29. The second-order valence-corrected chi connectivity index (χ2v) is 8.19. The van der Waals surface area contributed by atoms with Gasteiger partial charge in [0.05, 0.1) is 6.61 Å². The highest BCUT2D eigenvalue weighted by Crippen LogP contribution is 2.21. The molecule has 1 aromatic carbocycles. The summed E-state index contributed by atoms with van der Waals surface area (Å²) in [6.45, 7) is 5.45. The van der Waals surface area contributed by atoms with E-state index < -0.39 is 6.04 Å². The lowest BCUT2D eigenvalue weighted by atomic mass is 9.98. The normalized spacial score (nSPS) is 17.2. The molecule has 0 radical (unpaired) electrons. The third kappa shape index (κ3) is 5.40. The van der Waals surface area contributed by atoms with Gasteiger partial charge in [0.25, 0.3) is 0 Å². The maximum Gasteiger partial charge on any atom is 0.327 e. The third-order valence-electron chi connectivity index (χ3n) is 4.93. The van der Waals surface area contributed by atoms with Crippen LogP contribution in [0.1, 0.15) is 34.9 Å². The molecule has 1 atom stereocenters. The van der Waals surface area contributed by atoms with Gasteiger partial charge in [0.15, 0.2) is 0 Å². The van der Waals surface area contributed by atoms with Crippen LogP contribution in [-0.4, -0.2) is 37.6 Å². The highest BCUT2D eigenvalue weighted by molar-refractivity contribution is 7.10. The number of benzene rings is 1. The van der Waals surface area contributed by atoms with Gasteiger partial charge in [-0.2, -0.15) is 0 Å². The molecule has 2 heterocycles. The second-order valence-electron chi connectivity index (χ2n) is 7.19. The molecule has 2 aromatic rings. The molecule has 1 N–H and O–H groups in total. The number of thiophene rings is 1. The first kappa shape index (κ1) is 19.1. The summed E-state index contributed by atoms with van der Waals surface area (Å²) in [5, 5.41) is 5.52. The molecular weight excluding hydrogens is 344 g/mol. The van der Waals surface area contributed by atoms with Crippen molar-refractivity contribution in [2.45, 2.75) is 32.4 Å². The van der Waals surface area contributed by atoms with E-state index in [9.17, 15) is 4.79 Å². The second kappa shape index (κ2) is 9.31. The van der Waals surface area contributed by atoms with Crippen molar-refractivity contribution >= 4 is 17.3 Å². The van der Waals surface area contributed by atoms with Crippen molar-refractivity contribution in [3.63, 3.8) is 0 Å². The van der Waals surface area contributed by atoms with Crippen molar-refractivity contribution in [2.75, 3.05) is 26.7 Å². The molecule has 140 valence electrons. The first-order chi connectivity index (χ1) is 12.6. The van der Waals surface area contributed by atoms with Gasteiger partial charge in [0.2, 0.25) is 0 Å². The Kier molecular flexibility index (Phi) is 6.83. The Bertz CT molecular complexity index is 693. The number of piperidine rings is 1. The zero-order valence-corrected chi connectivity index (χ0v) is 16.4. The van der Waals surface area contributed by atoms with Crippen LogP contribution >= 0.6 is 11.3 Å². The average molecular weight is 373 g/mol. The Balaban J connectivity index is 1.59. The molecule has 1 fully saturated rings. The Morgan fingerprint density at radius 2 is 2.04 bits per heavy atom. The molecule has 1 aliphatic heterocycles.